The van der Waals surface area contributed by atoms with Gasteiger partial charge in [-0.05, 0) is 29.1 Å². The smallest absolute Gasteiger partial charge is 0.174 e. The predicted octanol–water partition coefficient (Wildman–Crippen LogP) is 3.71. The molecular weight excluding hydrogens is 262 g/mol. The van der Waals surface area contributed by atoms with Gasteiger partial charge in [-0.3, -0.25) is 0 Å². The Kier molecular flexibility index (Phi) is 2.97. The Hall–Kier alpha value is -1.90. The average Bonchev–Trinajstić information content (AvgIpc) is 2.92. The summed E-state index contributed by atoms with van der Waals surface area (Å²) >= 11 is 2.95. The molecule has 0 unspecified atom stereocenters. The zero-order valence-electron chi connectivity index (χ0n) is 9.20. The fourth-order valence-corrected chi connectivity index (χ4v) is 3.30. The molecule has 3 aromatic rings. The molecule has 0 bridgehead atoms. The lowest BCUT2D eigenvalue weighted by atomic mass is 10.1. The highest BCUT2D eigenvalue weighted by molar-refractivity contribution is 8.01. The molecule has 2 aromatic carbocycles. The Balaban J connectivity index is 2.16. The molecular formula is C13H7N3S2. The quantitative estimate of drug-likeness (QED) is 0.711. The van der Waals surface area contributed by atoms with E-state index in [0.29, 0.717) is 5.56 Å². The molecule has 0 atom stereocenters. The van der Waals surface area contributed by atoms with Crippen molar-refractivity contribution in [3.63, 3.8) is 0 Å². The highest BCUT2D eigenvalue weighted by Crippen LogP contribution is 2.34. The molecule has 0 aliphatic rings. The molecule has 1 heterocycles. The third kappa shape index (κ3) is 1.96. The summed E-state index contributed by atoms with van der Waals surface area (Å²) in [7, 11) is 0. The first-order valence-electron chi connectivity index (χ1n) is 5.25. The second-order valence-electron chi connectivity index (χ2n) is 3.58. The van der Waals surface area contributed by atoms with Crippen LogP contribution in [-0.2, 0) is 0 Å². The first-order chi connectivity index (χ1) is 8.88. The highest BCUT2D eigenvalue weighted by atomic mass is 32.2. The number of nitrogens with zero attached hydrogens (tertiary/aromatic N) is 3. The standard InChI is InChI=1S/C13H7N3S2/c14-7-9-5-6-12(17-13-15-8-16-18-13)11-4-2-1-3-10(9)11/h1-6,8H. The van der Waals surface area contributed by atoms with E-state index < -0.39 is 0 Å². The highest BCUT2D eigenvalue weighted by Gasteiger charge is 2.08. The SMILES string of the molecule is N#Cc1ccc(Sc2ncns2)c2ccccc12. The second kappa shape index (κ2) is 4.77. The Morgan fingerprint density at radius 3 is 2.67 bits per heavy atom. The van der Waals surface area contributed by atoms with Crippen molar-refractivity contribution >= 4 is 34.1 Å². The van der Waals surface area contributed by atoms with Crippen LogP contribution in [0.25, 0.3) is 10.8 Å². The topological polar surface area (TPSA) is 49.6 Å². The van der Waals surface area contributed by atoms with Crippen molar-refractivity contribution in [1.29, 1.82) is 5.26 Å². The van der Waals surface area contributed by atoms with Gasteiger partial charge in [-0.1, -0.05) is 36.0 Å². The molecule has 0 N–H and O–H groups in total. The molecule has 0 fully saturated rings. The van der Waals surface area contributed by atoms with E-state index in [1.165, 1.54) is 11.5 Å². The van der Waals surface area contributed by atoms with Crippen molar-refractivity contribution in [2.75, 3.05) is 0 Å². The largest absolute Gasteiger partial charge is 0.216 e. The molecule has 5 heteroatoms. The Morgan fingerprint density at radius 1 is 1.11 bits per heavy atom. The van der Waals surface area contributed by atoms with Crippen LogP contribution < -0.4 is 0 Å². The van der Waals surface area contributed by atoms with Crippen LogP contribution in [0.3, 0.4) is 0 Å². The summed E-state index contributed by atoms with van der Waals surface area (Å²) in [5.41, 5.74) is 0.701. The third-order valence-corrected chi connectivity index (χ3v) is 4.33. The van der Waals surface area contributed by atoms with Gasteiger partial charge in [-0.2, -0.15) is 9.64 Å². The number of hydrogen-bond donors (Lipinski definition) is 0. The van der Waals surface area contributed by atoms with E-state index in [0.717, 1.165) is 20.0 Å². The summed E-state index contributed by atoms with van der Waals surface area (Å²) in [6, 6.07) is 14.0. The fraction of sp³-hybridized carbons (Fsp3) is 0. The molecule has 0 saturated carbocycles. The average molecular weight is 269 g/mol. The molecule has 86 valence electrons. The summed E-state index contributed by atoms with van der Waals surface area (Å²) in [6.45, 7) is 0. The third-order valence-electron chi connectivity index (χ3n) is 2.54. The van der Waals surface area contributed by atoms with Gasteiger partial charge in [0.05, 0.1) is 11.6 Å². The van der Waals surface area contributed by atoms with E-state index in [-0.39, 0.29) is 0 Å². The summed E-state index contributed by atoms with van der Waals surface area (Å²) in [5, 5.41) is 11.2. The minimum Gasteiger partial charge on any atom is -0.216 e. The van der Waals surface area contributed by atoms with Crippen LogP contribution in [0, 0.1) is 11.3 Å². The van der Waals surface area contributed by atoms with Crippen molar-refractivity contribution in [2.45, 2.75) is 9.24 Å². The maximum atomic E-state index is 9.11. The van der Waals surface area contributed by atoms with Gasteiger partial charge >= 0.3 is 0 Å². The van der Waals surface area contributed by atoms with E-state index in [4.69, 9.17) is 5.26 Å². The molecule has 18 heavy (non-hydrogen) atoms. The van der Waals surface area contributed by atoms with Crippen LogP contribution in [-0.4, -0.2) is 9.36 Å². The minimum absolute atomic E-state index is 0.701. The minimum atomic E-state index is 0.701. The van der Waals surface area contributed by atoms with E-state index >= 15 is 0 Å². The van der Waals surface area contributed by atoms with Gasteiger partial charge in [-0.15, -0.1) is 0 Å². The number of hydrogen-bond acceptors (Lipinski definition) is 5. The molecule has 0 aliphatic heterocycles. The van der Waals surface area contributed by atoms with Crippen LogP contribution in [0.15, 0.2) is 52.0 Å². The molecule has 0 radical (unpaired) electrons. The van der Waals surface area contributed by atoms with Gasteiger partial charge < -0.3 is 0 Å². The first kappa shape index (κ1) is 11.2. The molecule has 0 saturated heterocycles. The monoisotopic (exact) mass is 269 g/mol. The summed E-state index contributed by atoms with van der Waals surface area (Å²) in [5.74, 6) is 0. The zero-order valence-corrected chi connectivity index (χ0v) is 10.8. The number of rotatable bonds is 2. The van der Waals surface area contributed by atoms with E-state index in [1.54, 1.807) is 18.1 Å². The van der Waals surface area contributed by atoms with Crippen LogP contribution >= 0.6 is 23.3 Å². The van der Waals surface area contributed by atoms with Gasteiger partial charge in [0.15, 0.2) is 4.34 Å². The molecule has 3 rings (SSSR count). The Bertz CT molecular complexity index is 730. The summed E-state index contributed by atoms with van der Waals surface area (Å²) in [4.78, 5) is 5.26. The maximum absolute atomic E-state index is 9.11. The normalized spacial score (nSPS) is 10.4. The first-order valence-corrected chi connectivity index (χ1v) is 6.84. The van der Waals surface area contributed by atoms with Crippen molar-refractivity contribution in [3.05, 3.63) is 48.3 Å². The van der Waals surface area contributed by atoms with Crippen molar-refractivity contribution in [1.82, 2.24) is 9.36 Å². The van der Waals surface area contributed by atoms with Crippen molar-refractivity contribution in [2.24, 2.45) is 0 Å². The van der Waals surface area contributed by atoms with Gasteiger partial charge in [0, 0.05) is 10.3 Å². The van der Waals surface area contributed by atoms with Gasteiger partial charge in [0.25, 0.3) is 0 Å². The fourth-order valence-electron chi connectivity index (χ4n) is 1.76. The lowest BCUT2D eigenvalue weighted by molar-refractivity contribution is 1.21. The number of fused-ring (bicyclic) bond motifs is 1. The molecule has 1 aromatic heterocycles. The van der Waals surface area contributed by atoms with Crippen molar-refractivity contribution in [3.8, 4) is 6.07 Å². The zero-order chi connectivity index (χ0) is 12.4. The van der Waals surface area contributed by atoms with Crippen LogP contribution in [0.5, 0.6) is 0 Å². The molecule has 0 spiro atoms. The van der Waals surface area contributed by atoms with E-state index in [1.807, 2.05) is 36.4 Å². The van der Waals surface area contributed by atoms with Gasteiger partial charge in [-0.25, -0.2) is 4.98 Å². The molecule has 3 nitrogen and oxygen atoms in total. The van der Waals surface area contributed by atoms with E-state index in [2.05, 4.69) is 15.4 Å². The van der Waals surface area contributed by atoms with Crippen LogP contribution in [0.2, 0.25) is 0 Å². The number of benzene rings is 2. The summed E-state index contributed by atoms with van der Waals surface area (Å²) in [6.07, 6.45) is 1.55. The van der Waals surface area contributed by atoms with Crippen LogP contribution in [0.4, 0.5) is 0 Å². The lowest BCUT2D eigenvalue weighted by Gasteiger charge is -2.05. The summed E-state index contributed by atoms with van der Waals surface area (Å²) < 4.78 is 4.90. The lowest BCUT2D eigenvalue weighted by Crippen LogP contribution is -1.82. The van der Waals surface area contributed by atoms with Crippen molar-refractivity contribution < 1.29 is 0 Å². The molecule has 0 amide bonds. The van der Waals surface area contributed by atoms with Crippen LogP contribution in [0.1, 0.15) is 5.56 Å². The number of aromatic nitrogens is 2. The number of nitriles is 1. The van der Waals surface area contributed by atoms with Gasteiger partial charge in [0.2, 0.25) is 0 Å². The molecule has 0 aliphatic carbocycles. The predicted molar refractivity (Wildman–Crippen MR) is 72.7 cm³/mol. The van der Waals surface area contributed by atoms with E-state index in [9.17, 15) is 0 Å². The second-order valence-corrected chi connectivity index (χ2v) is 5.65. The van der Waals surface area contributed by atoms with Gasteiger partial charge in [0.1, 0.15) is 6.33 Å². The Labute approximate surface area is 112 Å². The Morgan fingerprint density at radius 2 is 1.94 bits per heavy atom. The maximum Gasteiger partial charge on any atom is 0.174 e.